The van der Waals surface area contributed by atoms with E-state index in [1.54, 1.807) is 6.20 Å². The number of amides is 2. The Balaban J connectivity index is 1.79. The van der Waals surface area contributed by atoms with E-state index in [2.05, 4.69) is 20.8 Å². The lowest BCUT2D eigenvalue weighted by Crippen LogP contribution is -2.32. The molecular weight excluding hydrogens is 280 g/mol. The summed E-state index contributed by atoms with van der Waals surface area (Å²) in [5.74, 6) is 0.194. The number of aromatic amines is 1. The quantitative estimate of drug-likeness (QED) is 0.661. The van der Waals surface area contributed by atoms with Crippen molar-refractivity contribution in [2.24, 2.45) is 5.92 Å². The van der Waals surface area contributed by atoms with Crippen molar-refractivity contribution in [3.63, 3.8) is 0 Å². The minimum absolute atomic E-state index is 0.194. The summed E-state index contributed by atoms with van der Waals surface area (Å²) in [4.78, 5) is 11.8. The Hall–Kier alpha value is -2.34. The summed E-state index contributed by atoms with van der Waals surface area (Å²) in [5.41, 5.74) is 2.65. The molecular formula is C16H22N4O2. The van der Waals surface area contributed by atoms with Crippen molar-refractivity contribution in [2.45, 2.75) is 26.4 Å². The summed E-state index contributed by atoms with van der Waals surface area (Å²) >= 11 is 0. The fourth-order valence-corrected chi connectivity index (χ4v) is 1.99. The first-order chi connectivity index (χ1) is 10.6. The highest BCUT2D eigenvalue weighted by Crippen LogP contribution is 2.18. The van der Waals surface area contributed by atoms with E-state index in [1.807, 2.05) is 44.2 Å². The number of aliphatic hydroxyl groups excluding tert-OH is 1. The van der Waals surface area contributed by atoms with Gasteiger partial charge in [-0.15, -0.1) is 0 Å². The lowest BCUT2D eigenvalue weighted by atomic mass is 10.0. The maximum Gasteiger partial charge on any atom is 0.319 e. The molecule has 0 aliphatic rings. The van der Waals surface area contributed by atoms with E-state index in [0.29, 0.717) is 18.7 Å². The SMILES string of the molecule is CC(C)C(O)CCNC(=O)Nc1ccc(-c2ccn[nH]2)cc1. The van der Waals surface area contributed by atoms with E-state index < -0.39 is 6.10 Å². The molecule has 2 rings (SSSR count). The highest BCUT2D eigenvalue weighted by Gasteiger charge is 2.09. The molecule has 0 saturated carbocycles. The third-order valence-electron chi connectivity index (χ3n) is 3.45. The van der Waals surface area contributed by atoms with Crippen molar-refractivity contribution < 1.29 is 9.90 Å². The van der Waals surface area contributed by atoms with Gasteiger partial charge in [0.2, 0.25) is 0 Å². The van der Waals surface area contributed by atoms with Crippen molar-refractivity contribution in [1.82, 2.24) is 15.5 Å². The third-order valence-corrected chi connectivity index (χ3v) is 3.45. The number of aromatic nitrogens is 2. The molecule has 2 amide bonds. The predicted molar refractivity (Wildman–Crippen MR) is 86.5 cm³/mol. The number of carbonyl (C=O) groups excluding carboxylic acids is 1. The predicted octanol–water partition coefficient (Wildman–Crippen LogP) is 2.61. The molecule has 22 heavy (non-hydrogen) atoms. The fourth-order valence-electron chi connectivity index (χ4n) is 1.99. The molecule has 0 aliphatic carbocycles. The molecule has 4 N–H and O–H groups in total. The molecule has 0 aliphatic heterocycles. The summed E-state index contributed by atoms with van der Waals surface area (Å²) in [7, 11) is 0. The number of urea groups is 1. The molecule has 6 heteroatoms. The number of carbonyl (C=O) groups is 1. The molecule has 0 saturated heterocycles. The zero-order valence-corrected chi connectivity index (χ0v) is 12.8. The number of anilines is 1. The monoisotopic (exact) mass is 302 g/mol. The first-order valence-electron chi connectivity index (χ1n) is 7.39. The Morgan fingerprint density at radius 2 is 2.00 bits per heavy atom. The van der Waals surface area contributed by atoms with Crippen LogP contribution in [0.15, 0.2) is 36.5 Å². The van der Waals surface area contributed by atoms with Crippen LogP contribution in [0.25, 0.3) is 11.3 Å². The Morgan fingerprint density at radius 3 is 2.59 bits per heavy atom. The number of benzene rings is 1. The van der Waals surface area contributed by atoms with Gasteiger partial charge in [-0.1, -0.05) is 26.0 Å². The lowest BCUT2D eigenvalue weighted by molar-refractivity contribution is 0.117. The Labute approximate surface area is 129 Å². The molecule has 0 bridgehead atoms. The summed E-state index contributed by atoms with van der Waals surface area (Å²) in [5, 5.41) is 22.0. The number of nitrogens with one attached hydrogen (secondary N) is 3. The van der Waals surface area contributed by atoms with Gasteiger partial charge in [0.05, 0.1) is 11.8 Å². The van der Waals surface area contributed by atoms with E-state index in [1.165, 1.54) is 0 Å². The number of rotatable bonds is 6. The molecule has 118 valence electrons. The number of H-pyrrole nitrogens is 1. The Kier molecular flexibility index (Phi) is 5.55. The van der Waals surface area contributed by atoms with Crippen LogP contribution in [0.4, 0.5) is 10.5 Å². The summed E-state index contributed by atoms with van der Waals surface area (Å²) in [6, 6.07) is 9.09. The van der Waals surface area contributed by atoms with Crippen LogP contribution in [-0.2, 0) is 0 Å². The van der Waals surface area contributed by atoms with Crippen LogP contribution in [0, 0.1) is 5.92 Å². The Morgan fingerprint density at radius 1 is 1.27 bits per heavy atom. The van der Waals surface area contributed by atoms with Gasteiger partial charge in [-0.25, -0.2) is 4.79 Å². The minimum atomic E-state index is -0.394. The number of aliphatic hydroxyl groups is 1. The first kappa shape index (κ1) is 16.0. The summed E-state index contributed by atoms with van der Waals surface area (Å²) in [6.07, 6.45) is 1.85. The molecule has 1 heterocycles. The second kappa shape index (κ2) is 7.61. The van der Waals surface area contributed by atoms with E-state index in [4.69, 9.17) is 0 Å². The molecule has 1 aromatic carbocycles. The van der Waals surface area contributed by atoms with Crippen molar-refractivity contribution >= 4 is 11.7 Å². The Bertz CT molecular complexity index is 579. The molecule has 1 atom stereocenters. The minimum Gasteiger partial charge on any atom is -0.393 e. The van der Waals surface area contributed by atoms with Crippen LogP contribution >= 0.6 is 0 Å². The molecule has 0 spiro atoms. The molecule has 1 aromatic heterocycles. The van der Waals surface area contributed by atoms with Gasteiger partial charge in [0.15, 0.2) is 0 Å². The van der Waals surface area contributed by atoms with Crippen LogP contribution in [0.1, 0.15) is 20.3 Å². The zero-order chi connectivity index (χ0) is 15.9. The maximum absolute atomic E-state index is 11.8. The second-order valence-corrected chi connectivity index (χ2v) is 5.53. The largest absolute Gasteiger partial charge is 0.393 e. The van der Waals surface area contributed by atoms with Gasteiger partial charge in [0.25, 0.3) is 0 Å². The first-order valence-corrected chi connectivity index (χ1v) is 7.39. The average Bonchev–Trinajstić information content (AvgIpc) is 3.02. The van der Waals surface area contributed by atoms with Gasteiger partial charge in [0.1, 0.15) is 0 Å². The highest BCUT2D eigenvalue weighted by molar-refractivity contribution is 5.89. The molecule has 6 nitrogen and oxygen atoms in total. The van der Waals surface area contributed by atoms with E-state index >= 15 is 0 Å². The van der Waals surface area contributed by atoms with Crippen molar-refractivity contribution in [2.75, 3.05) is 11.9 Å². The summed E-state index contributed by atoms with van der Waals surface area (Å²) in [6.45, 7) is 4.34. The van der Waals surface area contributed by atoms with Crippen molar-refractivity contribution in [3.8, 4) is 11.3 Å². The van der Waals surface area contributed by atoms with Gasteiger partial charge in [-0.3, -0.25) is 5.10 Å². The third kappa shape index (κ3) is 4.60. The van der Waals surface area contributed by atoms with Crippen LogP contribution in [0.5, 0.6) is 0 Å². The van der Waals surface area contributed by atoms with Crippen molar-refractivity contribution in [1.29, 1.82) is 0 Å². The van der Waals surface area contributed by atoms with Crippen LogP contribution in [0.2, 0.25) is 0 Å². The highest BCUT2D eigenvalue weighted by atomic mass is 16.3. The van der Waals surface area contributed by atoms with E-state index in [9.17, 15) is 9.90 Å². The number of hydrogen-bond donors (Lipinski definition) is 4. The number of nitrogens with zero attached hydrogens (tertiary/aromatic N) is 1. The van der Waals surface area contributed by atoms with Crippen LogP contribution in [-0.4, -0.2) is 34.0 Å². The van der Waals surface area contributed by atoms with Crippen molar-refractivity contribution in [3.05, 3.63) is 36.5 Å². The molecule has 0 radical (unpaired) electrons. The van der Waals surface area contributed by atoms with Gasteiger partial charge >= 0.3 is 6.03 Å². The smallest absolute Gasteiger partial charge is 0.319 e. The van der Waals surface area contributed by atoms with Crippen LogP contribution in [0.3, 0.4) is 0 Å². The maximum atomic E-state index is 11.8. The van der Waals surface area contributed by atoms with E-state index in [-0.39, 0.29) is 11.9 Å². The average molecular weight is 302 g/mol. The molecule has 0 fully saturated rings. The van der Waals surface area contributed by atoms with Gasteiger partial charge in [-0.05, 0) is 36.1 Å². The van der Waals surface area contributed by atoms with Gasteiger partial charge < -0.3 is 15.7 Å². The molecule has 1 unspecified atom stereocenters. The fraction of sp³-hybridized carbons (Fsp3) is 0.375. The van der Waals surface area contributed by atoms with Crippen LogP contribution < -0.4 is 10.6 Å². The normalized spacial score (nSPS) is 12.2. The topological polar surface area (TPSA) is 90.0 Å². The second-order valence-electron chi connectivity index (χ2n) is 5.53. The van der Waals surface area contributed by atoms with E-state index in [0.717, 1.165) is 11.3 Å². The van der Waals surface area contributed by atoms with Gasteiger partial charge in [0, 0.05) is 18.4 Å². The zero-order valence-electron chi connectivity index (χ0n) is 12.8. The van der Waals surface area contributed by atoms with Gasteiger partial charge in [-0.2, -0.15) is 5.10 Å². The summed E-state index contributed by atoms with van der Waals surface area (Å²) < 4.78 is 0. The molecule has 2 aromatic rings. The lowest BCUT2D eigenvalue weighted by Gasteiger charge is -2.14. The number of hydrogen-bond acceptors (Lipinski definition) is 3. The standard InChI is InChI=1S/C16H22N4O2/c1-11(2)15(21)8-9-17-16(22)19-13-5-3-12(4-6-13)14-7-10-18-20-14/h3-7,10-11,15,21H,8-9H2,1-2H3,(H,18,20)(H2,17,19,22).